The maximum absolute atomic E-state index is 13.8. The zero-order valence-electron chi connectivity index (χ0n) is 16.2. The summed E-state index contributed by atoms with van der Waals surface area (Å²) in [5.74, 6) is 0.824. The van der Waals surface area contributed by atoms with Gasteiger partial charge in [0.05, 0.1) is 18.1 Å². The topological polar surface area (TPSA) is 79.1 Å². The van der Waals surface area contributed by atoms with Crippen LogP contribution in [0.15, 0.2) is 65.5 Å². The number of nitrogens with one attached hydrogen (secondary N) is 3. The van der Waals surface area contributed by atoms with Crippen molar-refractivity contribution < 1.29 is 13.9 Å². The number of hydrogen-bond donors (Lipinski definition) is 3. The van der Waals surface area contributed by atoms with Crippen LogP contribution in [0.1, 0.15) is 11.1 Å². The fraction of sp³-hybridized carbons (Fsp3) is 0.136. The van der Waals surface area contributed by atoms with Gasteiger partial charge in [-0.25, -0.2) is 9.18 Å². The summed E-state index contributed by atoms with van der Waals surface area (Å²) in [5.41, 5.74) is 3.63. The quantitative estimate of drug-likeness (QED) is 0.400. The molecular weight excluding hydrogens is 409 g/mol. The highest BCUT2D eigenvalue weighted by atomic mass is 35.5. The van der Waals surface area contributed by atoms with Crippen molar-refractivity contribution in [2.75, 3.05) is 12.4 Å². The molecule has 8 heteroatoms. The predicted molar refractivity (Wildman–Crippen MR) is 117 cm³/mol. The lowest BCUT2D eigenvalue weighted by atomic mass is 10.2. The Hall–Kier alpha value is -3.45. The minimum atomic E-state index is -0.298. The summed E-state index contributed by atoms with van der Waals surface area (Å²) in [6.07, 6.45) is 0. The van der Waals surface area contributed by atoms with E-state index in [1.54, 1.807) is 25.3 Å². The Kier molecular flexibility index (Phi) is 6.64. The highest BCUT2D eigenvalue weighted by Crippen LogP contribution is 2.29. The molecule has 4 rings (SSSR count). The Morgan fingerprint density at radius 2 is 1.77 bits per heavy atom. The molecule has 30 heavy (non-hydrogen) atoms. The molecule has 0 bridgehead atoms. The van der Waals surface area contributed by atoms with Crippen molar-refractivity contribution in [3.05, 3.63) is 88.1 Å². The second kappa shape index (κ2) is 9.37. The third-order valence-corrected chi connectivity index (χ3v) is 4.58. The van der Waals surface area contributed by atoms with Crippen molar-refractivity contribution in [3.63, 3.8) is 0 Å². The average molecular weight is 430 g/mol. The van der Waals surface area contributed by atoms with Crippen LogP contribution >= 0.6 is 12.4 Å². The molecule has 0 fully saturated rings. The van der Waals surface area contributed by atoms with E-state index in [1.165, 1.54) is 6.07 Å². The first-order valence-corrected chi connectivity index (χ1v) is 9.11. The van der Waals surface area contributed by atoms with Gasteiger partial charge in [-0.3, -0.25) is 0 Å². The van der Waals surface area contributed by atoms with Crippen LogP contribution in [0.25, 0.3) is 11.0 Å². The molecule has 1 aromatic heterocycles. The van der Waals surface area contributed by atoms with E-state index in [-0.39, 0.29) is 30.5 Å². The van der Waals surface area contributed by atoms with E-state index < -0.39 is 0 Å². The molecule has 0 amide bonds. The van der Waals surface area contributed by atoms with E-state index in [0.29, 0.717) is 23.6 Å². The lowest BCUT2D eigenvalue weighted by Crippen LogP contribution is -2.02. The Bertz CT molecular complexity index is 1210. The summed E-state index contributed by atoms with van der Waals surface area (Å²) in [4.78, 5) is 16.8. The zero-order valence-corrected chi connectivity index (χ0v) is 17.0. The van der Waals surface area contributed by atoms with Crippen LogP contribution in [0.5, 0.6) is 11.5 Å². The molecule has 0 spiro atoms. The first kappa shape index (κ1) is 21.3. The van der Waals surface area contributed by atoms with Crippen LogP contribution in [0.2, 0.25) is 0 Å². The van der Waals surface area contributed by atoms with E-state index in [1.807, 2.05) is 36.4 Å². The van der Waals surface area contributed by atoms with E-state index in [2.05, 4.69) is 15.3 Å². The van der Waals surface area contributed by atoms with Gasteiger partial charge in [0.1, 0.15) is 12.4 Å². The molecule has 3 aromatic carbocycles. The monoisotopic (exact) mass is 429 g/mol. The van der Waals surface area contributed by atoms with Crippen LogP contribution < -0.4 is 20.5 Å². The zero-order chi connectivity index (χ0) is 20.2. The largest absolute Gasteiger partial charge is 0.493 e. The van der Waals surface area contributed by atoms with E-state index >= 15 is 0 Å². The molecule has 0 unspecified atom stereocenters. The van der Waals surface area contributed by atoms with Gasteiger partial charge in [0.2, 0.25) is 0 Å². The molecule has 156 valence electrons. The molecule has 4 aromatic rings. The lowest BCUT2D eigenvalue weighted by molar-refractivity contribution is 0.279. The first-order valence-electron chi connectivity index (χ1n) is 9.11. The highest BCUT2D eigenvalue weighted by molar-refractivity contribution is 5.85. The number of fused-ring (bicyclic) bond motifs is 1. The van der Waals surface area contributed by atoms with Gasteiger partial charge in [-0.1, -0.05) is 24.3 Å². The van der Waals surface area contributed by atoms with Crippen LogP contribution in [0.3, 0.4) is 0 Å². The molecule has 0 aliphatic rings. The third-order valence-electron chi connectivity index (χ3n) is 4.58. The summed E-state index contributed by atoms with van der Waals surface area (Å²) in [6, 6.07) is 17.7. The van der Waals surface area contributed by atoms with Crippen molar-refractivity contribution in [2.24, 2.45) is 0 Å². The smallest absolute Gasteiger partial charge is 0.323 e. The van der Waals surface area contributed by atoms with Gasteiger partial charge in [-0.2, -0.15) is 0 Å². The highest BCUT2D eigenvalue weighted by Gasteiger charge is 2.08. The van der Waals surface area contributed by atoms with Crippen LogP contribution in [-0.2, 0) is 13.2 Å². The van der Waals surface area contributed by atoms with Gasteiger partial charge in [0, 0.05) is 17.8 Å². The molecule has 0 radical (unpaired) electrons. The van der Waals surface area contributed by atoms with Crippen molar-refractivity contribution in [1.82, 2.24) is 9.97 Å². The second-order valence-corrected chi connectivity index (χ2v) is 6.56. The number of aromatic nitrogens is 2. The number of benzene rings is 3. The summed E-state index contributed by atoms with van der Waals surface area (Å²) in [7, 11) is 1.57. The maximum Gasteiger partial charge on any atom is 0.323 e. The summed E-state index contributed by atoms with van der Waals surface area (Å²) >= 11 is 0. The number of halogens is 2. The van der Waals surface area contributed by atoms with Gasteiger partial charge >= 0.3 is 5.69 Å². The van der Waals surface area contributed by atoms with Crippen molar-refractivity contribution in [2.45, 2.75) is 13.2 Å². The number of rotatable bonds is 7. The summed E-state index contributed by atoms with van der Waals surface area (Å²) in [5, 5.41) is 3.32. The Balaban J connectivity index is 0.00000256. The molecule has 0 saturated heterocycles. The standard InChI is InChI=1S/C22H20FN3O3.ClH/c1-28-21-10-14(6-9-20(21)29-13-15-4-2-3-5-17(15)23)12-24-16-7-8-18-19(11-16)26-22(27)25-18;/h2-11,24H,12-13H2,1H3,(H2,25,26,27);1H. The number of methoxy groups -OCH3 is 1. The molecule has 3 N–H and O–H groups in total. The van der Waals surface area contributed by atoms with Gasteiger partial charge < -0.3 is 24.8 Å². The molecule has 0 atom stereocenters. The van der Waals surface area contributed by atoms with Crippen molar-refractivity contribution in [3.8, 4) is 11.5 Å². The van der Waals surface area contributed by atoms with Crippen LogP contribution in [-0.4, -0.2) is 17.1 Å². The number of ether oxygens (including phenoxy) is 2. The molecule has 0 saturated carbocycles. The van der Waals surface area contributed by atoms with E-state index in [4.69, 9.17) is 9.47 Å². The normalized spacial score (nSPS) is 10.5. The summed E-state index contributed by atoms with van der Waals surface area (Å²) in [6.45, 7) is 0.680. The first-order chi connectivity index (χ1) is 14.1. The fourth-order valence-corrected chi connectivity index (χ4v) is 3.06. The number of imidazole rings is 1. The van der Waals surface area contributed by atoms with Crippen LogP contribution in [0, 0.1) is 5.82 Å². The second-order valence-electron chi connectivity index (χ2n) is 6.56. The van der Waals surface area contributed by atoms with Gasteiger partial charge in [0.25, 0.3) is 0 Å². The number of anilines is 1. The molecule has 6 nitrogen and oxygen atoms in total. The third kappa shape index (κ3) is 4.75. The molecule has 1 heterocycles. The van der Waals surface area contributed by atoms with E-state index in [0.717, 1.165) is 22.3 Å². The Morgan fingerprint density at radius 3 is 2.57 bits per heavy atom. The van der Waals surface area contributed by atoms with Gasteiger partial charge in [0.15, 0.2) is 11.5 Å². The maximum atomic E-state index is 13.8. The van der Waals surface area contributed by atoms with Gasteiger partial charge in [-0.05, 0) is 42.0 Å². The summed E-state index contributed by atoms with van der Waals surface area (Å²) < 4.78 is 24.9. The SMILES string of the molecule is COc1cc(CNc2ccc3[nH]c(=O)[nH]c3c2)ccc1OCc1ccccc1F.Cl. The van der Waals surface area contributed by atoms with Crippen molar-refractivity contribution in [1.29, 1.82) is 0 Å². The molecule has 0 aliphatic heterocycles. The minimum absolute atomic E-state index is 0. The van der Waals surface area contributed by atoms with Crippen molar-refractivity contribution >= 4 is 29.1 Å². The lowest BCUT2D eigenvalue weighted by Gasteiger charge is -2.13. The fourth-order valence-electron chi connectivity index (χ4n) is 3.06. The number of hydrogen-bond acceptors (Lipinski definition) is 4. The number of aromatic amines is 2. The Labute approximate surface area is 178 Å². The average Bonchev–Trinajstić information content (AvgIpc) is 3.11. The predicted octanol–water partition coefficient (Wildman–Crippen LogP) is 4.62. The minimum Gasteiger partial charge on any atom is -0.493 e. The number of H-pyrrole nitrogens is 2. The van der Waals surface area contributed by atoms with Gasteiger partial charge in [-0.15, -0.1) is 12.4 Å². The van der Waals surface area contributed by atoms with E-state index in [9.17, 15) is 9.18 Å². The molecular formula is C22H21ClFN3O3. The molecule has 0 aliphatic carbocycles. The van der Waals surface area contributed by atoms with Crippen LogP contribution in [0.4, 0.5) is 10.1 Å². The Morgan fingerprint density at radius 1 is 0.967 bits per heavy atom.